The number of rotatable bonds is 3. The minimum Gasteiger partial charge on any atom is -0.480 e. The summed E-state index contributed by atoms with van der Waals surface area (Å²) < 4.78 is 5.01. The standard InChI is InChI=1S/C14H23N3O/c1-9-6-10(2)8-11(7-9)14(15)12-4-5-13(18-3)17-16-12/h4-5,9-11,14H,6-8,15H2,1-3H3. The van der Waals surface area contributed by atoms with Gasteiger partial charge in [0.25, 0.3) is 0 Å². The van der Waals surface area contributed by atoms with Gasteiger partial charge in [0.1, 0.15) is 0 Å². The number of methoxy groups -OCH3 is 1. The van der Waals surface area contributed by atoms with Crippen molar-refractivity contribution in [1.29, 1.82) is 0 Å². The normalized spacial score (nSPS) is 29.9. The molecule has 4 nitrogen and oxygen atoms in total. The molecule has 3 atom stereocenters. The molecule has 100 valence electrons. The molecule has 2 N–H and O–H groups in total. The molecular formula is C14H23N3O. The second kappa shape index (κ2) is 5.65. The zero-order chi connectivity index (χ0) is 13.1. The smallest absolute Gasteiger partial charge is 0.233 e. The van der Waals surface area contributed by atoms with Crippen LogP contribution in [0.1, 0.15) is 44.8 Å². The zero-order valence-corrected chi connectivity index (χ0v) is 11.5. The lowest BCUT2D eigenvalue weighted by molar-refractivity contribution is 0.191. The van der Waals surface area contributed by atoms with Gasteiger partial charge in [0.15, 0.2) is 0 Å². The summed E-state index contributed by atoms with van der Waals surface area (Å²) in [4.78, 5) is 0. The van der Waals surface area contributed by atoms with Crippen LogP contribution in [0.25, 0.3) is 0 Å². The largest absolute Gasteiger partial charge is 0.480 e. The van der Waals surface area contributed by atoms with E-state index in [0.29, 0.717) is 11.8 Å². The molecule has 1 aromatic rings. The second-order valence-corrected chi connectivity index (χ2v) is 5.70. The average Bonchev–Trinajstić information content (AvgIpc) is 2.37. The SMILES string of the molecule is COc1ccc(C(N)C2CC(C)CC(C)C2)nn1. The Morgan fingerprint density at radius 2 is 1.83 bits per heavy atom. The molecule has 4 heteroatoms. The second-order valence-electron chi connectivity index (χ2n) is 5.70. The van der Waals surface area contributed by atoms with Gasteiger partial charge in [-0.15, -0.1) is 5.10 Å². The van der Waals surface area contributed by atoms with Gasteiger partial charge in [-0.25, -0.2) is 0 Å². The highest BCUT2D eigenvalue weighted by Crippen LogP contribution is 2.38. The predicted molar refractivity (Wildman–Crippen MR) is 71.2 cm³/mol. The Kier molecular flexibility index (Phi) is 4.17. The maximum atomic E-state index is 6.34. The van der Waals surface area contributed by atoms with Crippen molar-refractivity contribution in [3.05, 3.63) is 17.8 Å². The predicted octanol–water partition coefficient (Wildman–Crippen LogP) is 2.56. The van der Waals surface area contributed by atoms with E-state index >= 15 is 0 Å². The van der Waals surface area contributed by atoms with Crippen LogP contribution in [-0.4, -0.2) is 17.3 Å². The van der Waals surface area contributed by atoms with Crippen molar-refractivity contribution in [2.45, 2.75) is 39.2 Å². The van der Waals surface area contributed by atoms with Crippen LogP contribution < -0.4 is 10.5 Å². The van der Waals surface area contributed by atoms with Gasteiger partial charge < -0.3 is 10.5 Å². The number of aromatic nitrogens is 2. The minimum absolute atomic E-state index is 0.00592. The summed E-state index contributed by atoms with van der Waals surface area (Å²) in [5.74, 6) is 2.58. The van der Waals surface area contributed by atoms with E-state index in [0.717, 1.165) is 17.5 Å². The van der Waals surface area contributed by atoms with E-state index in [1.807, 2.05) is 12.1 Å². The average molecular weight is 249 g/mol. The molecule has 0 aliphatic heterocycles. The van der Waals surface area contributed by atoms with Crippen LogP contribution in [0.15, 0.2) is 12.1 Å². The maximum Gasteiger partial charge on any atom is 0.233 e. The van der Waals surface area contributed by atoms with Gasteiger partial charge in [-0.3, -0.25) is 0 Å². The molecule has 3 unspecified atom stereocenters. The van der Waals surface area contributed by atoms with E-state index in [1.165, 1.54) is 19.3 Å². The van der Waals surface area contributed by atoms with Crippen LogP contribution in [0.3, 0.4) is 0 Å². The van der Waals surface area contributed by atoms with E-state index in [-0.39, 0.29) is 6.04 Å². The highest BCUT2D eigenvalue weighted by Gasteiger charge is 2.29. The number of hydrogen-bond acceptors (Lipinski definition) is 4. The van der Waals surface area contributed by atoms with Crippen LogP contribution in [0.2, 0.25) is 0 Å². The molecular weight excluding hydrogens is 226 g/mol. The van der Waals surface area contributed by atoms with Gasteiger partial charge in [0.2, 0.25) is 5.88 Å². The first kappa shape index (κ1) is 13.3. The lowest BCUT2D eigenvalue weighted by Gasteiger charge is -2.34. The Hall–Kier alpha value is -1.16. The fourth-order valence-corrected chi connectivity index (χ4v) is 3.16. The summed E-state index contributed by atoms with van der Waals surface area (Å²) in [6, 6.07) is 3.76. The number of ether oxygens (including phenoxy) is 1. The third-order valence-electron chi connectivity index (χ3n) is 3.93. The van der Waals surface area contributed by atoms with Gasteiger partial charge >= 0.3 is 0 Å². The summed E-state index contributed by atoms with van der Waals surface area (Å²) in [6.45, 7) is 4.63. The van der Waals surface area contributed by atoms with Crippen molar-refractivity contribution in [1.82, 2.24) is 10.2 Å². The molecule has 1 aromatic heterocycles. The Morgan fingerprint density at radius 3 is 2.33 bits per heavy atom. The molecule has 0 aromatic carbocycles. The van der Waals surface area contributed by atoms with Gasteiger partial charge in [-0.2, -0.15) is 5.10 Å². The van der Waals surface area contributed by atoms with Crippen LogP contribution >= 0.6 is 0 Å². The molecule has 1 aliphatic rings. The molecule has 0 bridgehead atoms. The van der Waals surface area contributed by atoms with Crippen molar-refractivity contribution in [2.75, 3.05) is 7.11 Å². The van der Waals surface area contributed by atoms with Crippen molar-refractivity contribution in [2.24, 2.45) is 23.5 Å². The van der Waals surface area contributed by atoms with Gasteiger partial charge in [0.05, 0.1) is 18.8 Å². The first-order chi connectivity index (χ1) is 8.60. The molecule has 0 saturated heterocycles. The quantitative estimate of drug-likeness (QED) is 0.894. The molecule has 2 rings (SSSR count). The summed E-state index contributed by atoms with van der Waals surface area (Å²) in [5.41, 5.74) is 7.22. The third-order valence-corrected chi connectivity index (χ3v) is 3.93. The number of hydrogen-bond donors (Lipinski definition) is 1. The summed E-state index contributed by atoms with van der Waals surface area (Å²) >= 11 is 0. The molecule has 0 amide bonds. The first-order valence-electron chi connectivity index (χ1n) is 6.73. The van der Waals surface area contributed by atoms with E-state index in [2.05, 4.69) is 24.0 Å². The topological polar surface area (TPSA) is 61.0 Å². The first-order valence-corrected chi connectivity index (χ1v) is 6.73. The third kappa shape index (κ3) is 2.99. The van der Waals surface area contributed by atoms with E-state index < -0.39 is 0 Å². The van der Waals surface area contributed by atoms with Crippen LogP contribution in [0.5, 0.6) is 5.88 Å². The lowest BCUT2D eigenvalue weighted by atomic mass is 9.73. The Morgan fingerprint density at radius 1 is 1.17 bits per heavy atom. The van der Waals surface area contributed by atoms with E-state index in [4.69, 9.17) is 10.5 Å². The Labute approximate surface area is 109 Å². The molecule has 0 spiro atoms. The molecule has 0 radical (unpaired) electrons. The maximum absolute atomic E-state index is 6.34. The summed E-state index contributed by atoms with van der Waals surface area (Å²) in [5, 5.41) is 8.17. The minimum atomic E-state index is -0.00592. The number of nitrogens with two attached hydrogens (primary N) is 1. The molecule has 1 aliphatic carbocycles. The van der Waals surface area contributed by atoms with E-state index in [1.54, 1.807) is 7.11 Å². The fraction of sp³-hybridized carbons (Fsp3) is 0.714. The van der Waals surface area contributed by atoms with Crippen LogP contribution in [-0.2, 0) is 0 Å². The Balaban J connectivity index is 2.07. The van der Waals surface area contributed by atoms with Crippen molar-refractivity contribution in [3.8, 4) is 5.88 Å². The summed E-state index contributed by atoms with van der Waals surface area (Å²) in [6.07, 6.45) is 3.70. The van der Waals surface area contributed by atoms with Gasteiger partial charge in [0, 0.05) is 6.07 Å². The van der Waals surface area contributed by atoms with Crippen LogP contribution in [0.4, 0.5) is 0 Å². The molecule has 1 fully saturated rings. The Bertz CT molecular complexity index is 369. The van der Waals surface area contributed by atoms with Gasteiger partial charge in [-0.1, -0.05) is 13.8 Å². The number of nitrogens with zero attached hydrogens (tertiary/aromatic N) is 2. The van der Waals surface area contributed by atoms with E-state index in [9.17, 15) is 0 Å². The van der Waals surface area contributed by atoms with Crippen LogP contribution in [0, 0.1) is 17.8 Å². The van der Waals surface area contributed by atoms with Crippen molar-refractivity contribution in [3.63, 3.8) is 0 Å². The highest BCUT2D eigenvalue weighted by atomic mass is 16.5. The zero-order valence-electron chi connectivity index (χ0n) is 11.5. The molecule has 18 heavy (non-hydrogen) atoms. The monoisotopic (exact) mass is 249 g/mol. The molecule has 1 saturated carbocycles. The van der Waals surface area contributed by atoms with Crippen molar-refractivity contribution < 1.29 is 4.74 Å². The fourth-order valence-electron chi connectivity index (χ4n) is 3.16. The highest BCUT2D eigenvalue weighted by molar-refractivity contribution is 5.14. The van der Waals surface area contributed by atoms with Gasteiger partial charge in [-0.05, 0) is 43.1 Å². The molecule has 1 heterocycles. The van der Waals surface area contributed by atoms with Crippen molar-refractivity contribution >= 4 is 0 Å². The lowest BCUT2D eigenvalue weighted by Crippen LogP contribution is -2.30. The summed E-state index contributed by atoms with van der Waals surface area (Å²) in [7, 11) is 1.59.